The highest BCUT2D eigenvalue weighted by molar-refractivity contribution is 7.85. The first-order valence-corrected chi connectivity index (χ1v) is 8.15. The summed E-state index contributed by atoms with van der Waals surface area (Å²) in [5.41, 5.74) is 0. The maximum atomic E-state index is 10.8. The summed E-state index contributed by atoms with van der Waals surface area (Å²) < 4.78 is 29.2. The molecule has 0 heterocycles. The first-order valence-electron chi connectivity index (χ1n) is 6.71. The highest BCUT2D eigenvalue weighted by Crippen LogP contribution is 2.05. The molecule has 1 aromatic rings. The average Bonchev–Trinajstić information content (AvgIpc) is 2.40. The molecule has 114 valence electrons. The van der Waals surface area contributed by atoms with Gasteiger partial charge in [0.2, 0.25) is 5.91 Å². The molecule has 5 nitrogen and oxygen atoms in total. The van der Waals surface area contributed by atoms with E-state index in [-0.39, 0.29) is 10.8 Å². The van der Waals surface area contributed by atoms with E-state index in [4.69, 9.17) is 4.55 Å². The van der Waals surface area contributed by atoms with Crippen molar-refractivity contribution in [3.63, 3.8) is 0 Å². The molecule has 0 radical (unpaired) electrons. The van der Waals surface area contributed by atoms with Crippen molar-refractivity contribution >= 4 is 16.0 Å². The first-order chi connectivity index (χ1) is 9.41. The average molecular weight is 301 g/mol. The van der Waals surface area contributed by atoms with E-state index in [0.717, 1.165) is 19.4 Å². The molecule has 0 fully saturated rings. The van der Waals surface area contributed by atoms with Crippen LogP contribution in [0, 0.1) is 0 Å². The molecule has 0 atom stereocenters. The van der Waals surface area contributed by atoms with Crippen LogP contribution in [0.2, 0.25) is 0 Å². The molecule has 1 aromatic carbocycles. The van der Waals surface area contributed by atoms with E-state index < -0.39 is 10.1 Å². The summed E-state index contributed by atoms with van der Waals surface area (Å²) in [7, 11) is -4.00. The third-order valence-corrected chi connectivity index (χ3v) is 3.29. The minimum atomic E-state index is -4.00. The van der Waals surface area contributed by atoms with Gasteiger partial charge >= 0.3 is 0 Å². The van der Waals surface area contributed by atoms with Gasteiger partial charge in [0.05, 0.1) is 4.90 Å². The zero-order valence-electron chi connectivity index (χ0n) is 12.0. The number of carbonyl (C=O) groups excluding carboxylic acids is 1. The Hall–Kier alpha value is -1.40. The summed E-state index contributed by atoms with van der Waals surface area (Å²) in [5.74, 6) is 0.191. The van der Waals surface area contributed by atoms with Crippen LogP contribution in [-0.4, -0.2) is 25.4 Å². The topological polar surface area (TPSA) is 83.5 Å². The lowest BCUT2D eigenvalue weighted by atomic mass is 10.2. The molecule has 0 aliphatic carbocycles. The summed E-state index contributed by atoms with van der Waals surface area (Å²) in [5, 5.41) is 2.77. The minimum absolute atomic E-state index is 0.0741. The first kappa shape index (κ1) is 18.6. The van der Waals surface area contributed by atoms with E-state index in [1.807, 2.05) is 6.92 Å². The number of nitrogens with one attached hydrogen (secondary N) is 1. The Bertz CT molecular complexity index is 471. The molecule has 0 saturated heterocycles. The van der Waals surface area contributed by atoms with Gasteiger partial charge in [0.1, 0.15) is 0 Å². The van der Waals surface area contributed by atoms with Crippen LogP contribution in [0.25, 0.3) is 0 Å². The standard InChI is InChI=1S/C8H17NO.C6H6O3S/c1-3-5-6-7-8(10)9-4-2;7-10(8,9)6-4-2-1-3-5-6/h3-7H2,1-2H3,(H,9,10);1-5H,(H,7,8,9). The van der Waals surface area contributed by atoms with Crippen LogP contribution < -0.4 is 5.32 Å². The lowest BCUT2D eigenvalue weighted by Crippen LogP contribution is -2.21. The Morgan fingerprint density at radius 3 is 2.15 bits per heavy atom. The molecule has 1 rings (SSSR count). The predicted molar refractivity (Wildman–Crippen MR) is 79.1 cm³/mol. The Kier molecular flexibility index (Phi) is 9.67. The van der Waals surface area contributed by atoms with Crippen LogP contribution in [0.5, 0.6) is 0 Å². The van der Waals surface area contributed by atoms with Gasteiger partial charge in [-0.1, -0.05) is 38.0 Å². The van der Waals surface area contributed by atoms with Crippen LogP contribution in [-0.2, 0) is 14.9 Å². The third-order valence-electron chi connectivity index (χ3n) is 2.42. The lowest BCUT2D eigenvalue weighted by Gasteiger charge is -1.99. The van der Waals surface area contributed by atoms with Crippen LogP contribution in [0.1, 0.15) is 39.5 Å². The van der Waals surface area contributed by atoms with E-state index in [1.54, 1.807) is 18.2 Å². The highest BCUT2D eigenvalue weighted by Gasteiger charge is 2.05. The van der Waals surface area contributed by atoms with Crippen LogP contribution in [0.15, 0.2) is 35.2 Å². The number of hydrogen-bond acceptors (Lipinski definition) is 3. The SMILES string of the molecule is CCCCCC(=O)NCC.O=S(=O)(O)c1ccccc1. The lowest BCUT2D eigenvalue weighted by molar-refractivity contribution is -0.121. The molecule has 0 aliphatic rings. The number of unbranched alkanes of at least 4 members (excludes halogenated alkanes) is 2. The molecule has 0 saturated carbocycles. The maximum Gasteiger partial charge on any atom is 0.294 e. The molecule has 0 aliphatic heterocycles. The van der Waals surface area contributed by atoms with Gasteiger partial charge in [0.25, 0.3) is 10.1 Å². The number of carbonyl (C=O) groups is 1. The molecule has 0 bridgehead atoms. The fourth-order valence-corrected chi connectivity index (χ4v) is 1.91. The van der Waals surface area contributed by atoms with Crippen molar-refractivity contribution in [3.05, 3.63) is 30.3 Å². The predicted octanol–water partition coefficient (Wildman–Crippen LogP) is 2.64. The minimum Gasteiger partial charge on any atom is -0.356 e. The summed E-state index contributed by atoms with van der Waals surface area (Å²) in [6.45, 7) is 4.83. The second-order valence-electron chi connectivity index (χ2n) is 4.20. The molecule has 1 amide bonds. The Morgan fingerprint density at radius 2 is 1.75 bits per heavy atom. The second-order valence-corrected chi connectivity index (χ2v) is 5.62. The van der Waals surface area contributed by atoms with E-state index in [2.05, 4.69) is 12.2 Å². The van der Waals surface area contributed by atoms with E-state index in [1.165, 1.54) is 18.6 Å². The smallest absolute Gasteiger partial charge is 0.294 e. The zero-order valence-corrected chi connectivity index (χ0v) is 12.8. The van der Waals surface area contributed by atoms with Gasteiger partial charge < -0.3 is 5.32 Å². The fraction of sp³-hybridized carbons (Fsp3) is 0.500. The van der Waals surface area contributed by atoms with E-state index >= 15 is 0 Å². The zero-order chi connectivity index (χ0) is 15.4. The third kappa shape index (κ3) is 9.52. The number of benzene rings is 1. The van der Waals surface area contributed by atoms with Gasteiger partial charge in [-0.15, -0.1) is 0 Å². The molecule has 0 aromatic heterocycles. The Morgan fingerprint density at radius 1 is 1.15 bits per heavy atom. The largest absolute Gasteiger partial charge is 0.356 e. The number of amides is 1. The van der Waals surface area contributed by atoms with Crippen molar-refractivity contribution in [3.8, 4) is 0 Å². The Labute approximate surface area is 121 Å². The Balaban J connectivity index is 0.000000361. The quantitative estimate of drug-likeness (QED) is 0.625. The van der Waals surface area contributed by atoms with E-state index in [9.17, 15) is 13.2 Å². The van der Waals surface area contributed by atoms with Gasteiger partial charge in [-0.3, -0.25) is 9.35 Å². The highest BCUT2D eigenvalue weighted by atomic mass is 32.2. The normalized spacial score (nSPS) is 10.3. The summed E-state index contributed by atoms with van der Waals surface area (Å²) in [6.07, 6.45) is 4.07. The maximum absolute atomic E-state index is 10.8. The number of rotatable bonds is 6. The van der Waals surface area contributed by atoms with Crippen LogP contribution in [0.3, 0.4) is 0 Å². The molecule has 0 spiro atoms. The molecular weight excluding hydrogens is 278 g/mol. The van der Waals surface area contributed by atoms with E-state index in [0.29, 0.717) is 6.42 Å². The van der Waals surface area contributed by atoms with Crippen molar-refractivity contribution in [2.24, 2.45) is 0 Å². The monoisotopic (exact) mass is 301 g/mol. The van der Waals surface area contributed by atoms with Crippen molar-refractivity contribution in [2.45, 2.75) is 44.4 Å². The van der Waals surface area contributed by atoms with Gasteiger partial charge in [-0.2, -0.15) is 8.42 Å². The summed E-state index contributed by atoms with van der Waals surface area (Å²) in [6, 6.07) is 7.42. The molecule has 20 heavy (non-hydrogen) atoms. The molecule has 6 heteroatoms. The second kappa shape index (κ2) is 10.4. The van der Waals surface area contributed by atoms with Gasteiger partial charge in [-0.05, 0) is 25.5 Å². The van der Waals surface area contributed by atoms with Gasteiger partial charge in [0.15, 0.2) is 0 Å². The van der Waals surface area contributed by atoms with Crippen molar-refractivity contribution in [1.82, 2.24) is 5.32 Å². The molecular formula is C14H23NO4S. The van der Waals surface area contributed by atoms with Crippen LogP contribution >= 0.6 is 0 Å². The summed E-state index contributed by atoms with van der Waals surface area (Å²) in [4.78, 5) is 10.7. The summed E-state index contributed by atoms with van der Waals surface area (Å²) >= 11 is 0. The van der Waals surface area contributed by atoms with Crippen molar-refractivity contribution in [1.29, 1.82) is 0 Å². The van der Waals surface area contributed by atoms with Gasteiger partial charge in [-0.25, -0.2) is 0 Å². The van der Waals surface area contributed by atoms with Crippen LogP contribution in [0.4, 0.5) is 0 Å². The molecule has 2 N–H and O–H groups in total. The van der Waals surface area contributed by atoms with Crippen molar-refractivity contribution in [2.75, 3.05) is 6.54 Å². The van der Waals surface area contributed by atoms with Crippen molar-refractivity contribution < 1.29 is 17.8 Å². The number of hydrogen-bond donors (Lipinski definition) is 2. The van der Waals surface area contributed by atoms with Gasteiger partial charge in [0, 0.05) is 13.0 Å². The fourth-order valence-electron chi connectivity index (χ4n) is 1.41. The molecule has 0 unspecified atom stereocenters.